The Labute approximate surface area is 160 Å². The molecule has 1 saturated carbocycles. The second kappa shape index (κ2) is 6.91. The van der Waals surface area contributed by atoms with Gasteiger partial charge in [0.25, 0.3) is 5.88 Å². The van der Waals surface area contributed by atoms with Gasteiger partial charge in [-0.3, -0.25) is 4.98 Å². The largest absolute Gasteiger partial charge is 0.488 e. The van der Waals surface area contributed by atoms with Gasteiger partial charge < -0.3 is 14.0 Å². The maximum Gasteiger partial charge on any atom is 0.275 e. The smallest absolute Gasteiger partial charge is 0.275 e. The van der Waals surface area contributed by atoms with Crippen LogP contribution in [0.4, 0.5) is 0 Å². The lowest BCUT2D eigenvalue weighted by Crippen LogP contribution is -2.07. The van der Waals surface area contributed by atoms with E-state index >= 15 is 0 Å². The van der Waals surface area contributed by atoms with Gasteiger partial charge in [-0.25, -0.2) is 0 Å². The second-order valence-corrected chi connectivity index (χ2v) is 6.79. The van der Waals surface area contributed by atoms with E-state index in [4.69, 9.17) is 14.0 Å². The molecule has 0 radical (unpaired) electrons. The van der Waals surface area contributed by atoms with E-state index in [2.05, 4.69) is 25.4 Å². The number of ether oxygens (including phenoxy) is 2. The summed E-state index contributed by atoms with van der Waals surface area (Å²) in [6.07, 6.45) is 4.12. The van der Waals surface area contributed by atoms with Gasteiger partial charge in [-0.1, -0.05) is 11.2 Å². The number of rotatable bonds is 7. The quantitative estimate of drug-likeness (QED) is 0.484. The van der Waals surface area contributed by atoms with Crippen molar-refractivity contribution in [2.45, 2.75) is 26.4 Å². The van der Waals surface area contributed by atoms with Crippen molar-refractivity contribution in [3.05, 3.63) is 48.0 Å². The molecule has 4 aromatic heterocycles. The van der Waals surface area contributed by atoms with E-state index in [-0.39, 0.29) is 6.61 Å². The van der Waals surface area contributed by atoms with E-state index < -0.39 is 0 Å². The number of nitrogens with zero attached hydrogens (tertiary/aromatic N) is 6. The van der Waals surface area contributed by atoms with Crippen LogP contribution >= 0.6 is 0 Å². The molecule has 9 heteroatoms. The van der Waals surface area contributed by atoms with Gasteiger partial charge in [0.1, 0.15) is 12.4 Å². The third-order valence-corrected chi connectivity index (χ3v) is 4.44. The molecule has 0 aromatic carbocycles. The molecule has 28 heavy (non-hydrogen) atoms. The standard InChI is InChI=1S/C19H18N6O3/c1-12-8-15(24-28-12)18-22-21-17-9-16(26-10-13-5-6-13)19(23-25(17)18)27-11-14-4-2-3-7-20-14/h2-4,7-9,13H,5-6,10-11H2,1H3. The zero-order chi connectivity index (χ0) is 18.9. The van der Waals surface area contributed by atoms with Crippen LogP contribution in [-0.4, -0.2) is 36.6 Å². The fraction of sp³-hybridized carbons (Fsp3) is 0.316. The summed E-state index contributed by atoms with van der Waals surface area (Å²) in [6, 6.07) is 9.24. The van der Waals surface area contributed by atoms with Crippen molar-refractivity contribution < 1.29 is 14.0 Å². The van der Waals surface area contributed by atoms with Crippen LogP contribution in [0.1, 0.15) is 24.3 Å². The van der Waals surface area contributed by atoms with Crippen molar-refractivity contribution in [1.82, 2.24) is 30.0 Å². The first-order valence-electron chi connectivity index (χ1n) is 9.12. The van der Waals surface area contributed by atoms with E-state index in [0.29, 0.717) is 47.1 Å². The Bertz CT molecular complexity index is 1100. The van der Waals surface area contributed by atoms with Gasteiger partial charge in [0.05, 0.1) is 12.3 Å². The Hall–Kier alpha value is -3.49. The van der Waals surface area contributed by atoms with Crippen LogP contribution in [0.2, 0.25) is 0 Å². The molecule has 1 fully saturated rings. The zero-order valence-corrected chi connectivity index (χ0v) is 15.3. The van der Waals surface area contributed by atoms with Crippen molar-refractivity contribution in [1.29, 1.82) is 0 Å². The van der Waals surface area contributed by atoms with Gasteiger partial charge in [0, 0.05) is 18.3 Å². The summed E-state index contributed by atoms with van der Waals surface area (Å²) in [5.74, 6) is 2.67. The third kappa shape index (κ3) is 3.38. The monoisotopic (exact) mass is 378 g/mol. The summed E-state index contributed by atoms with van der Waals surface area (Å²) in [5.41, 5.74) is 1.90. The molecule has 0 unspecified atom stereocenters. The Kier molecular flexibility index (Phi) is 4.12. The Balaban J connectivity index is 1.50. The highest BCUT2D eigenvalue weighted by Gasteiger charge is 2.24. The predicted molar refractivity (Wildman–Crippen MR) is 97.8 cm³/mol. The number of hydrogen-bond donors (Lipinski definition) is 0. The van der Waals surface area contributed by atoms with Gasteiger partial charge in [-0.05, 0) is 37.8 Å². The molecule has 4 heterocycles. The molecule has 0 amide bonds. The molecule has 0 N–H and O–H groups in total. The molecule has 0 saturated heterocycles. The SMILES string of the molecule is Cc1cc(-c2nnc3cc(OCC4CC4)c(OCc4ccccn4)nn23)no1. The molecule has 0 aliphatic heterocycles. The molecule has 4 aromatic rings. The predicted octanol–water partition coefficient (Wildman–Crippen LogP) is 2.85. The van der Waals surface area contributed by atoms with E-state index in [0.717, 1.165) is 5.69 Å². The summed E-state index contributed by atoms with van der Waals surface area (Å²) in [7, 11) is 0. The van der Waals surface area contributed by atoms with Crippen LogP contribution < -0.4 is 9.47 Å². The Morgan fingerprint density at radius 1 is 1.18 bits per heavy atom. The minimum atomic E-state index is 0.277. The van der Waals surface area contributed by atoms with Crippen molar-refractivity contribution >= 4 is 5.65 Å². The number of aryl methyl sites for hydroxylation is 1. The van der Waals surface area contributed by atoms with E-state index in [1.165, 1.54) is 12.8 Å². The Morgan fingerprint density at radius 3 is 2.86 bits per heavy atom. The molecule has 5 rings (SSSR count). The number of hydrogen-bond acceptors (Lipinski definition) is 8. The number of aromatic nitrogens is 6. The van der Waals surface area contributed by atoms with Gasteiger partial charge in [0.15, 0.2) is 17.1 Å². The minimum absolute atomic E-state index is 0.277. The van der Waals surface area contributed by atoms with Crippen LogP contribution in [0.15, 0.2) is 41.1 Å². The summed E-state index contributed by atoms with van der Waals surface area (Å²) in [4.78, 5) is 4.28. The highest BCUT2D eigenvalue weighted by atomic mass is 16.5. The molecule has 1 aliphatic rings. The average molecular weight is 378 g/mol. The molecule has 9 nitrogen and oxygen atoms in total. The van der Waals surface area contributed by atoms with Crippen molar-refractivity contribution in [3.8, 4) is 23.1 Å². The summed E-state index contributed by atoms with van der Waals surface area (Å²) < 4.78 is 18.6. The van der Waals surface area contributed by atoms with Crippen LogP contribution in [0.5, 0.6) is 11.6 Å². The lowest BCUT2D eigenvalue weighted by Gasteiger charge is -2.12. The van der Waals surface area contributed by atoms with Gasteiger partial charge in [-0.2, -0.15) is 4.52 Å². The van der Waals surface area contributed by atoms with Crippen molar-refractivity contribution in [3.63, 3.8) is 0 Å². The summed E-state index contributed by atoms with van der Waals surface area (Å²) >= 11 is 0. The Morgan fingerprint density at radius 2 is 2.11 bits per heavy atom. The van der Waals surface area contributed by atoms with Gasteiger partial charge in [0.2, 0.25) is 5.82 Å². The summed E-state index contributed by atoms with van der Waals surface area (Å²) in [6.45, 7) is 2.74. The van der Waals surface area contributed by atoms with Crippen molar-refractivity contribution in [2.24, 2.45) is 5.92 Å². The van der Waals surface area contributed by atoms with E-state index in [1.807, 2.05) is 25.1 Å². The van der Waals surface area contributed by atoms with Crippen LogP contribution in [-0.2, 0) is 6.61 Å². The molecular weight excluding hydrogens is 360 g/mol. The lowest BCUT2D eigenvalue weighted by atomic mass is 10.3. The first kappa shape index (κ1) is 16.7. The molecule has 1 aliphatic carbocycles. The normalized spacial score (nSPS) is 13.8. The molecule has 0 bridgehead atoms. The van der Waals surface area contributed by atoms with Crippen LogP contribution in [0, 0.1) is 12.8 Å². The maximum atomic E-state index is 5.95. The molecule has 142 valence electrons. The lowest BCUT2D eigenvalue weighted by molar-refractivity contribution is 0.240. The second-order valence-electron chi connectivity index (χ2n) is 6.79. The van der Waals surface area contributed by atoms with Crippen molar-refractivity contribution in [2.75, 3.05) is 6.61 Å². The first-order valence-corrected chi connectivity index (χ1v) is 9.12. The minimum Gasteiger partial charge on any atom is -0.488 e. The number of fused-ring (bicyclic) bond motifs is 1. The molecule has 0 spiro atoms. The zero-order valence-electron chi connectivity index (χ0n) is 15.3. The fourth-order valence-corrected chi connectivity index (χ4v) is 2.75. The number of pyridine rings is 1. The van der Waals surface area contributed by atoms with Crippen LogP contribution in [0.3, 0.4) is 0 Å². The van der Waals surface area contributed by atoms with Gasteiger partial charge in [-0.15, -0.1) is 15.3 Å². The average Bonchev–Trinajstić information content (AvgIpc) is 3.31. The molecular formula is C19H18N6O3. The topological polar surface area (TPSA) is 100 Å². The summed E-state index contributed by atoms with van der Waals surface area (Å²) in [5, 5.41) is 17.0. The third-order valence-electron chi connectivity index (χ3n) is 4.44. The van der Waals surface area contributed by atoms with E-state index in [1.54, 1.807) is 22.8 Å². The van der Waals surface area contributed by atoms with Gasteiger partial charge >= 0.3 is 0 Å². The highest BCUT2D eigenvalue weighted by molar-refractivity contribution is 5.56. The first-order chi connectivity index (χ1) is 13.8. The fourth-order valence-electron chi connectivity index (χ4n) is 2.75. The maximum absolute atomic E-state index is 5.95. The highest BCUT2D eigenvalue weighted by Crippen LogP contribution is 2.33. The molecule has 0 atom stereocenters. The van der Waals surface area contributed by atoms with E-state index in [9.17, 15) is 0 Å². The van der Waals surface area contributed by atoms with Crippen LogP contribution in [0.25, 0.3) is 17.2 Å².